The average molecular weight is 2240 g/mol. The molecule has 0 atom stereocenters. The van der Waals surface area contributed by atoms with Gasteiger partial charge in [-0.1, -0.05) is 119 Å². The molecule has 0 bridgehead atoms. The Morgan fingerprint density at radius 1 is 0.566 bits per heavy atom. The fourth-order valence-corrected chi connectivity index (χ4v) is 7.09. The summed E-state index contributed by atoms with van der Waals surface area (Å²) in [4.78, 5) is 34.8. The van der Waals surface area contributed by atoms with Gasteiger partial charge in [0, 0.05) is 178 Å². The molecule has 0 amide bonds. The number of aromatic nitrogens is 8. The quantitative estimate of drug-likeness (QED) is 0.0614. The second-order valence-corrected chi connectivity index (χ2v) is 21.8. The molecule has 0 aliphatic carbocycles. The second-order valence-electron chi connectivity index (χ2n) is 21.8. The molecule has 0 fully saturated rings. The molecule has 0 spiro atoms. The summed E-state index contributed by atoms with van der Waals surface area (Å²) in [5, 5.41) is 21.1. The summed E-state index contributed by atoms with van der Waals surface area (Å²) in [5.41, 5.74) is 7.31. The molecule has 2 N–H and O–H groups in total. The first kappa shape index (κ1) is 91.3. The van der Waals surface area contributed by atoms with Crippen molar-refractivity contribution in [2.24, 2.45) is 10.8 Å². The first-order valence-corrected chi connectivity index (χ1v) is 28.3. The van der Waals surface area contributed by atoms with Crippen LogP contribution in [0.15, 0.2) is 212 Å². The van der Waals surface area contributed by atoms with Crippen LogP contribution in [0, 0.1) is 101 Å². The summed E-state index contributed by atoms with van der Waals surface area (Å²) in [6.45, 7) is 22.6. The Kier molecular flexibility index (Phi) is 42.2. The molecule has 7 aromatic heterocycles. The Hall–Kier alpha value is -7.74. The van der Waals surface area contributed by atoms with Gasteiger partial charge < -0.3 is 35.0 Å². The summed E-state index contributed by atoms with van der Waals surface area (Å²) in [7, 11) is 3.73. The minimum Gasteiger partial charge on any atom is -0.477 e. The molecular weight excluding hydrogens is 2180 g/mol. The molecule has 11 aromatic rings. The summed E-state index contributed by atoms with van der Waals surface area (Å²) in [6, 6.07) is 51.5. The fraction of sp³-hybridized carbons (Fsp3) is 0.149. The largest absolute Gasteiger partial charge is 3.00 e. The zero-order chi connectivity index (χ0) is 69.0. The third kappa shape index (κ3) is 31.6. The van der Waals surface area contributed by atoms with Crippen LogP contribution in [0.25, 0.3) is 50.7 Å². The van der Waals surface area contributed by atoms with Crippen molar-refractivity contribution in [1.82, 2.24) is 39.7 Å². The number of nitrogens with zero attached hydrogens (tertiary/aromatic N) is 9. The number of carboxylic acids is 1. The van der Waals surface area contributed by atoms with Crippen molar-refractivity contribution in [3.8, 4) is 50.7 Å². The first-order valence-electron chi connectivity index (χ1n) is 28.3. The van der Waals surface area contributed by atoms with Crippen molar-refractivity contribution in [2.45, 2.75) is 48.1 Å². The van der Waals surface area contributed by atoms with Crippen molar-refractivity contribution in [3.05, 3.63) is 314 Å². The van der Waals surface area contributed by atoms with E-state index in [-0.39, 0.29) is 146 Å². The Morgan fingerprint density at radius 2 is 1.07 bits per heavy atom. The van der Waals surface area contributed by atoms with Crippen LogP contribution >= 0.6 is 0 Å². The van der Waals surface area contributed by atoms with Gasteiger partial charge in [-0.15, -0.1) is 78.4 Å². The van der Waals surface area contributed by atoms with Crippen molar-refractivity contribution in [2.75, 3.05) is 19.0 Å². The summed E-state index contributed by atoms with van der Waals surface area (Å²) in [6.07, 6.45) is 12.9. The number of aliphatic hydroxyl groups excluding tert-OH is 1. The van der Waals surface area contributed by atoms with E-state index in [9.17, 15) is 39.9 Å². The summed E-state index contributed by atoms with van der Waals surface area (Å²) >= 11 is 0. The van der Waals surface area contributed by atoms with Gasteiger partial charge >= 0.3 is 26.1 Å². The van der Waals surface area contributed by atoms with Crippen LogP contribution in [0.3, 0.4) is 0 Å². The maximum Gasteiger partial charge on any atom is 3.00 e. The molecule has 0 saturated carbocycles. The van der Waals surface area contributed by atoms with Crippen molar-refractivity contribution in [3.63, 3.8) is 0 Å². The zero-order valence-corrected chi connectivity index (χ0v) is 66.0. The number of aliphatic hydroxyl groups is 1. The number of allylic oxidation sites excluding steroid dienone is 3. The van der Waals surface area contributed by atoms with Crippen molar-refractivity contribution >= 4 is 11.7 Å². The van der Waals surface area contributed by atoms with Gasteiger partial charge in [0.05, 0.1) is 6.61 Å². The van der Waals surface area contributed by atoms with E-state index in [1.807, 2.05) is 67.5 Å². The molecule has 7 heterocycles. The second kappa shape index (κ2) is 45.8. The molecule has 25 heteroatoms. The van der Waals surface area contributed by atoms with E-state index in [0.717, 1.165) is 70.6 Å². The van der Waals surface area contributed by atoms with E-state index in [2.05, 4.69) is 114 Å². The molecule has 4 radical (unpaired) electrons. The van der Waals surface area contributed by atoms with Crippen molar-refractivity contribution < 1.29 is 151 Å². The molecule has 11 rings (SSSR count). The third-order valence-corrected chi connectivity index (χ3v) is 12.4. The van der Waals surface area contributed by atoms with E-state index in [0.29, 0.717) is 22.6 Å². The van der Waals surface area contributed by atoms with Gasteiger partial charge in [0.1, 0.15) is 17.6 Å². The third-order valence-electron chi connectivity index (χ3n) is 12.4. The van der Waals surface area contributed by atoms with Crippen LogP contribution in [0.5, 0.6) is 0 Å². The molecule has 0 aliphatic rings. The van der Waals surface area contributed by atoms with Crippen LogP contribution in [0.4, 0.5) is 40.8 Å². The molecule has 0 saturated heterocycles. The van der Waals surface area contributed by atoms with Crippen LogP contribution in [-0.2, 0) is 107 Å². The minimum atomic E-state index is -0.990. The van der Waals surface area contributed by atoms with Gasteiger partial charge in [0.2, 0.25) is 0 Å². The number of rotatable bonds is 9. The number of hydrogen-bond donors (Lipinski definition) is 2. The van der Waals surface area contributed by atoms with Gasteiger partial charge in [-0.25, -0.2) is 42.7 Å². The maximum absolute atomic E-state index is 13.4. The Balaban J connectivity index is 0.00000113. The Labute approximate surface area is 639 Å². The monoisotopic (exact) mass is 2240 g/mol. The number of benzene rings is 4. The molecule has 12 nitrogen and oxygen atoms in total. The van der Waals surface area contributed by atoms with Crippen LogP contribution < -0.4 is 4.90 Å². The normalized spacial score (nSPS) is 10.1. The minimum absolute atomic E-state index is 0. The molecule has 99 heavy (non-hydrogen) atoms. The van der Waals surface area contributed by atoms with Gasteiger partial charge in [-0.05, 0) is 87.3 Å². The Morgan fingerprint density at radius 3 is 1.52 bits per heavy atom. The number of pyridine rings is 6. The van der Waals surface area contributed by atoms with Gasteiger partial charge in [-0.3, -0.25) is 42.6 Å². The number of aromatic carboxylic acids is 1. The van der Waals surface area contributed by atoms with Crippen LogP contribution in [-0.4, -0.2) is 70.0 Å². The number of anilines is 1. The van der Waals surface area contributed by atoms with Gasteiger partial charge in [0.15, 0.2) is 0 Å². The predicted molar refractivity (Wildman–Crippen MR) is 346 cm³/mol. The number of halogens is 8. The molecule has 4 aromatic carbocycles. The first-order chi connectivity index (χ1) is 44.6. The molecule has 0 aliphatic heterocycles. The molecule has 528 valence electrons. The van der Waals surface area contributed by atoms with Gasteiger partial charge in [-0.2, -0.15) is 11.2 Å². The number of carbonyl (C=O) groups is 1. The number of carboxylic acid groups (broad SMARTS) is 1. The molecule has 0 unspecified atom stereocenters. The summed E-state index contributed by atoms with van der Waals surface area (Å²) < 4.78 is 105. The van der Waals surface area contributed by atoms with E-state index in [4.69, 9.17) is 16.8 Å². The standard InChI is InChI=1S/C13H22.C12H10F2N3.C12H8F2NO.C11H6F2N.C11H8N.C9H5F2N2.C6H5NO2.5Ir/c1-10(12(3,4)5)9-11(2)13(6,7)8;1-17(2)8-5-6-15-10(7-8)9-3-4-11(13)16-12(9)14;13-9-1-2-10(11(14)6-9)12-5-8(7-16)3-4-15-12;12-8-4-5-9(10(13)7-8)11-3-1-2-6-14-11;1-2-6-10(7-3-1)11-8-4-5-9-12-11;10-7-2-3-9(8(11)6-7)13-5-1-4-12-13;8-6(9)5-3-1-2-4-7-5;;;;;/h1,9H,2H2,3-8H3;4-7H,1-2H3;1,3-6,16H,7H2;1-4,6-7H;1-6,8-9H;1-2,4-6H;1-4H,(H,8,9);;;;;/q-2;5*-1;;;;;;+3. The van der Waals surface area contributed by atoms with E-state index < -0.39 is 52.8 Å². The van der Waals surface area contributed by atoms with Gasteiger partial charge in [0.25, 0.3) is 0 Å². The van der Waals surface area contributed by atoms with Crippen LogP contribution in [0.1, 0.15) is 57.6 Å². The van der Waals surface area contributed by atoms with E-state index >= 15 is 0 Å². The maximum atomic E-state index is 13.4. The van der Waals surface area contributed by atoms with Crippen LogP contribution in [0.2, 0.25) is 0 Å². The van der Waals surface area contributed by atoms with Crippen molar-refractivity contribution in [1.29, 1.82) is 0 Å². The van der Waals surface area contributed by atoms with E-state index in [1.54, 1.807) is 79.4 Å². The predicted octanol–water partition coefficient (Wildman–Crippen LogP) is 16.9. The molecular formula is C74H64F8Ir5N9O3-4. The average Bonchev–Trinajstić information content (AvgIpc) is 1.35. The zero-order valence-electron chi connectivity index (χ0n) is 54.1. The number of hydrogen-bond acceptors (Lipinski definition) is 10. The smallest absolute Gasteiger partial charge is 0.477 e. The van der Waals surface area contributed by atoms with E-state index in [1.165, 1.54) is 35.4 Å². The topological polar surface area (TPSA) is 156 Å². The summed E-state index contributed by atoms with van der Waals surface area (Å²) in [5.74, 6) is -6.80. The SMILES string of the molecule is CN(C)c1ccnc(-c2[c-]cc(F)nc2F)c1.Fc1c[c-]c(-c2ccccn2)c(F)c1.Fc1c[c-]c(-n2cccn2)c(F)c1.O=C(O)c1ccccn1.OCc1ccnc(-c2[c-]cc(F)cc2F)c1.[CH-]=C(C=C([CH2-])C(C)(C)C)C(C)(C)C.[Ir+3].[Ir].[Ir].[Ir].[Ir].[c-]1ccccc1-c1ccccn1. The fourth-order valence-electron chi connectivity index (χ4n) is 7.09. The Bertz CT molecular complexity index is 4170.